The number of hydrogen-bond donors (Lipinski definition) is 2. The summed E-state index contributed by atoms with van der Waals surface area (Å²) in [6.45, 7) is 1.87. The standard InChI is InChI=1S/C10H12ClNO/c1-6-4-7(10(12)2-3-10)5-8(13)9(6)11/h4-5,13H,2-3,12H2,1H3. The smallest absolute Gasteiger partial charge is 0.134 e. The van der Waals surface area contributed by atoms with Gasteiger partial charge in [0, 0.05) is 5.54 Å². The topological polar surface area (TPSA) is 46.2 Å². The molecule has 70 valence electrons. The summed E-state index contributed by atoms with van der Waals surface area (Å²) >= 11 is 5.83. The fourth-order valence-electron chi connectivity index (χ4n) is 1.46. The van der Waals surface area contributed by atoms with Crippen LogP contribution in [0.25, 0.3) is 0 Å². The number of aryl methyl sites for hydroxylation is 1. The summed E-state index contributed by atoms with van der Waals surface area (Å²) in [5.41, 5.74) is 7.68. The molecule has 0 aromatic heterocycles. The van der Waals surface area contributed by atoms with Crippen molar-refractivity contribution in [2.24, 2.45) is 5.73 Å². The lowest BCUT2D eigenvalue weighted by atomic mass is 10.0. The molecular weight excluding hydrogens is 186 g/mol. The lowest BCUT2D eigenvalue weighted by Gasteiger charge is -2.11. The molecule has 0 saturated heterocycles. The first-order chi connectivity index (χ1) is 6.03. The highest BCUT2D eigenvalue weighted by molar-refractivity contribution is 6.32. The second kappa shape index (κ2) is 2.63. The van der Waals surface area contributed by atoms with Gasteiger partial charge in [-0.15, -0.1) is 0 Å². The molecule has 2 rings (SSSR count). The molecule has 0 unspecified atom stereocenters. The Morgan fingerprint density at radius 1 is 1.46 bits per heavy atom. The number of aromatic hydroxyl groups is 1. The third-order valence-electron chi connectivity index (χ3n) is 2.60. The molecule has 13 heavy (non-hydrogen) atoms. The highest BCUT2D eigenvalue weighted by Gasteiger charge is 2.40. The Kier molecular flexibility index (Phi) is 1.79. The van der Waals surface area contributed by atoms with E-state index in [4.69, 9.17) is 17.3 Å². The van der Waals surface area contributed by atoms with Crippen LogP contribution in [0.1, 0.15) is 24.0 Å². The van der Waals surface area contributed by atoms with Crippen LogP contribution in [0.5, 0.6) is 5.75 Å². The largest absolute Gasteiger partial charge is 0.506 e. The molecular formula is C10H12ClNO. The average molecular weight is 198 g/mol. The first kappa shape index (κ1) is 8.85. The van der Waals surface area contributed by atoms with Crippen molar-refractivity contribution >= 4 is 11.6 Å². The van der Waals surface area contributed by atoms with Crippen molar-refractivity contribution in [1.82, 2.24) is 0 Å². The second-order valence-electron chi connectivity index (χ2n) is 3.78. The summed E-state index contributed by atoms with van der Waals surface area (Å²) in [4.78, 5) is 0. The predicted molar refractivity (Wildman–Crippen MR) is 53.0 cm³/mol. The van der Waals surface area contributed by atoms with Crippen molar-refractivity contribution < 1.29 is 5.11 Å². The third kappa shape index (κ3) is 1.40. The monoisotopic (exact) mass is 197 g/mol. The van der Waals surface area contributed by atoms with Gasteiger partial charge in [-0.1, -0.05) is 17.7 Å². The molecule has 0 aliphatic heterocycles. The summed E-state index contributed by atoms with van der Waals surface area (Å²) in [6, 6.07) is 3.62. The Labute approximate surface area is 82.3 Å². The minimum absolute atomic E-state index is 0.133. The van der Waals surface area contributed by atoms with E-state index in [0.29, 0.717) is 5.02 Å². The van der Waals surface area contributed by atoms with Gasteiger partial charge in [-0.05, 0) is 37.0 Å². The Morgan fingerprint density at radius 2 is 2.08 bits per heavy atom. The molecule has 1 aromatic rings. The summed E-state index contributed by atoms with van der Waals surface area (Å²) in [7, 11) is 0. The zero-order valence-electron chi connectivity index (χ0n) is 7.47. The number of phenolic OH excluding ortho intramolecular Hbond substituents is 1. The van der Waals surface area contributed by atoms with E-state index in [0.717, 1.165) is 24.0 Å². The molecule has 0 heterocycles. The maximum Gasteiger partial charge on any atom is 0.134 e. The fourth-order valence-corrected chi connectivity index (χ4v) is 1.57. The summed E-state index contributed by atoms with van der Waals surface area (Å²) in [5, 5.41) is 9.91. The van der Waals surface area contributed by atoms with Crippen LogP contribution in [0, 0.1) is 6.92 Å². The van der Waals surface area contributed by atoms with Gasteiger partial charge in [0.05, 0.1) is 5.02 Å². The number of nitrogens with two attached hydrogens (primary N) is 1. The van der Waals surface area contributed by atoms with Crippen molar-refractivity contribution in [3.8, 4) is 5.75 Å². The van der Waals surface area contributed by atoms with Crippen molar-refractivity contribution in [2.75, 3.05) is 0 Å². The van der Waals surface area contributed by atoms with Gasteiger partial charge in [0.15, 0.2) is 0 Å². The van der Waals surface area contributed by atoms with Gasteiger partial charge < -0.3 is 10.8 Å². The summed E-state index contributed by atoms with van der Waals surface area (Å²) in [5.74, 6) is 0.133. The summed E-state index contributed by atoms with van der Waals surface area (Å²) < 4.78 is 0. The Balaban J connectivity index is 2.50. The Morgan fingerprint density at radius 3 is 2.54 bits per heavy atom. The lowest BCUT2D eigenvalue weighted by Crippen LogP contribution is -2.18. The quantitative estimate of drug-likeness (QED) is 0.726. The molecule has 1 saturated carbocycles. The van der Waals surface area contributed by atoms with Crippen LogP contribution in [0.2, 0.25) is 5.02 Å². The van der Waals surface area contributed by atoms with Crippen LogP contribution in [-0.4, -0.2) is 5.11 Å². The molecule has 0 bridgehead atoms. The molecule has 0 atom stereocenters. The number of benzene rings is 1. The van der Waals surface area contributed by atoms with E-state index in [9.17, 15) is 5.11 Å². The molecule has 1 aliphatic carbocycles. The molecule has 3 heteroatoms. The first-order valence-corrected chi connectivity index (χ1v) is 4.69. The number of hydrogen-bond acceptors (Lipinski definition) is 2. The van der Waals surface area contributed by atoms with E-state index >= 15 is 0 Å². The minimum Gasteiger partial charge on any atom is -0.506 e. The van der Waals surface area contributed by atoms with E-state index in [2.05, 4.69) is 0 Å². The van der Waals surface area contributed by atoms with Crippen LogP contribution in [0.3, 0.4) is 0 Å². The molecule has 0 amide bonds. The Hall–Kier alpha value is -0.730. The van der Waals surface area contributed by atoms with Crippen molar-refractivity contribution in [3.63, 3.8) is 0 Å². The van der Waals surface area contributed by atoms with Crippen molar-refractivity contribution in [2.45, 2.75) is 25.3 Å². The Bertz CT molecular complexity index is 335. The van der Waals surface area contributed by atoms with Gasteiger partial charge in [-0.25, -0.2) is 0 Å². The third-order valence-corrected chi connectivity index (χ3v) is 3.09. The molecule has 2 nitrogen and oxygen atoms in total. The highest BCUT2D eigenvalue weighted by atomic mass is 35.5. The molecule has 3 N–H and O–H groups in total. The second-order valence-corrected chi connectivity index (χ2v) is 4.16. The van der Waals surface area contributed by atoms with Gasteiger partial charge in [0.25, 0.3) is 0 Å². The van der Waals surface area contributed by atoms with E-state index in [1.165, 1.54) is 0 Å². The van der Waals surface area contributed by atoms with E-state index in [1.54, 1.807) is 6.07 Å². The van der Waals surface area contributed by atoms with Crippen LogP contribution < -0.4 is 5.73 Å². The predicted octanol–water partition coefficient (Wildman–Crippen LogP) is 2.30. The zero-order chi connectivity index (χ0) is 9.64. The van der Waals surface area contributed by atoms with Crippen molar-refractivity contribution in [3.05, 3.63) is 28.3 Å². The molecule has 0 radical (unpaired) electrons. The number of phenols is 1. The van der Waals surface area contributed by atoms with E-state index in [1.807, 2.05) is 13.0 Å². The zero-order valence-corrected chi connectivity index (χ0v) is 8.23. The average Bonchev–Trinajstić information content (AvgIpc) is 2.80. The maximum atomic E-state index is 9.48. The van der Waals surface area contributed by atoms with Gasteiger partial charge in [-0.3, -0.25) is 0 Å². The van der Waals surface area contributed by atoms with E-state index in [-0.39, 0.29) is 11.3 Å². The van der Waals surface area contributed by atoms with Gasteiger partial charge in [0.1, 0.15) is 5.75 Å². The molecule has 1 aromatic carbocycles. The SMILES string of the molecule is Cc1cc(C2(N)CC2)cc(O)c1Cl. The van der Waals surface area contributed by atoms with Crippen molar-refractivity contribution in [1.29, 1.82) is 0 Å². The fraction of sp³-hybridized carbons (Fsp3) is 0.400. The van der Waals surface area contributed by atoms with Crippen LogP contribution in [0.15, 0.2) is 12.1 Å². The molecule has 1 fully saturated rings. The summed E-state index contributed by atoms with van der Waals surface area (Å²) in [6.07, 6.45) is 1.99. The highest BCUT2D eigenvalue weighted by Crippen LogP contribution is 2.45. The van der Waals surface area contributed by atoms with Gasteiger partial charge >= 0.3 is 0 Å². The van der Waals surface area contributed by atoms with Crippen LogP contribution >= 0.6 is 11.6 Å². The molecule has 1 aliphatic rings. The maximum absolute atomic E-state index is 9.48. The van der Waals surface area contributed by atoms with Crippen LogP contribution in [-0.2, 0) is 5.54 Å². The number of rotatable bonds is 1. The molecule has 0 spiro atoms. The minimum atomic E-state index is -0.202. The van der Waals surface area contributed by atoms with E-state index < -0.39 is 0 Å². The first-order valence-electron chi connectivity index (χ1n) is 4.31. The normalized spacial score (nSPS) is 18.7. The number of halogens is 1. The van der Waals surface area contributed by atoms with Gasteiger partial charge in [0.2, 0.25) is 0 Å². The van der Waals surface area contributed by atoms with Crippen LogP contribution in [0.4, 0.5) is 0 Å². The lowest BCUT2D eigenvalue weighted by molar-refractivity contribution is 0.473. The van der Waals surface area contributed by atoms with Gasteiger partial charge in [-0.2, -0.15) is 0 Å².